The number of aliphatic carboxylic acids is 1. The van der Waals surface area contributed by atoms with Crippen LogP contribution in [0, 0.1) is 0 Å². The van der Waals surface area contributed by atoms with E-state index in [1.165, 1.54) is 6.08 Å². The number of hydrogen-bond acceptors (Lipinski definition) is 4. The largest absolute Gasteiger partial charge is 0.481 e. The van der Waals surface area contributed by atoms with E-state index in [0.29, 0.717) is 19.7 Å². The Bertz CT molecular complexity index is 501. The Morgan fingerprint density at radius 1 is 1.55 bits per heavy atom. The second-order valence-corrected chi connectivity index (χ2v) is 4.49. The molecule has 1 N–H and O–H groups in total. The highest BCUT2D eigenvalue weighted by molar-refractivity contribution is 5.91. The Labute approximate surface area is 116 Å². The molecule has 1 amide bonds. The molecule has 6 nitrogen and oxygen atoms in total. The molecule has 0 aromatic carbocycles. The van der Waals surface area contributed by atoms with E-state index in [1.807, 2.05) is 6.07 Å². The summed E-state index contributed by atoms with van der Waals surface area (Å²) in [6.45, 7) is 1.15. The second-order valence-electron chi connectivity index (χ2n) is 4.49. The van der Waals surface area contributed by atoms with Crippen LogP contribution >= 0.6 is 0 Å². The highest BCUT2D eigenvalue weighted by Gasteiger charge is 2.24. The normalized spacial score (nSPS) is 19.2. The molecule has 106 valence electrons. The molecular formula is C14H16N2O4. The summed E-state index contributed by atoms with van der Waals surface area (Å²) in [6.07, 6.45) is 5.97. The van der Waals surface area contributed by atoms with E-state index in [9.17, 15) is 9.59 Å². The van der Waals surface area contributed by atoms with Crippen molar-refractivity contribution < 1.29 is 19.4 Å². The summed E-state index contributed by atoms with van der Waals surface area (Å²) in [7, 11) is 0. The van der Waals surface area contributed by atoms with Crippen molar-refractivity contribution in [2.75, 3.05) is 19.7 Å². The monoisotopic (exact) mass is 276 g/mol. The fourth-order valence-electron chi connectivity index (χ4n) is 1.99. The van der Waals surface area contributed by atoms with E-state index >= 15 is 0 Å². The first-order chi connectivity index (χ1) is 9.65. The fraction of sp³-hybridized carbons (Fsp3) is 0.357. The van der Waals surface area contributed by atoms with Crippen molar-refractivity contribution in [2.24, 2.45) is 0 Å². The molecule has 20 heavy (non-hydrogen) atoms. The van der Waals surface area contributed by atoms with Gasteiger partial charge in [-0.05, 0) is 17.7 Å². The maximum atomic E-state index is 12.0. The van der Waals surface area contributed by atoms with Gasteiger partial charge in [-0.15, -0.1) is 0 Å². The van der Waals surface area contributed by atoms with Gasteiger partial charge >= 0.3 is 5.97 Å². The first-order valence-electron chi connectivity index (χ1n) is 6.35. The van der Waals surface area contributed by atoms with Crippen LogP contribution in [-0.2, 0) is 14.3 Å². The van der Waals surface area contributed by atoms with Crippen LogP contribution in [0.15, 0.2) is 30.6 Å². The Hall–Kier alpha value is -2.21. The van der Waals surface area contributed by atoms with E-state index in [-0.39, 0.29) is 12.3 Å². The number of ether oxygens (including phenoxy) is 1. The third kappa shape index (κ3) is 4.17. The molecular weight excluding hydrogens is 260 g/mol. The summed E-state index contributed by atoms with van der Waals surface area (Å²) in [5.74, 6) is -1.07. The van der Waals surface area contributed by atoms with Crippen LogP contribution in [0.25, 0.3) is 6.08 Å². The topological polar surface area (TPSA) is 79.7 Å². The maximum Gasteiger partial charge on any atom is 0.306 e. The number of rotatable bonds is 4. The van der Waals surface area contributed by atoms with Crippen LogP contribution in [0.4, 0.5) is 0 Å². The minimum absolute atomic E-state index is 0.0872. The van der Waals surface area contributed by atoms with Crippen molar-refractivity contribution in [2.45, 2.75) is 12.5 Å². The molecule has 1 aliphatic heterocycles. The molecule has 0 spiro atoms. The summed E-state index contributed by atoms with van der Waals surface area (Å²) in [6, 6.07) is 3.64. The van der Waals surface area contributed by atoms with Gasteiger partial charge in [0.1, 0.15) is 0 Å². The lowest BCUT2D eigenvalue weighted by Gasteiger charge is -2.31. The molecule has 0 radical (unpaired) electrons. The van der Waals surface area contributed by atoms with Crippen LogP contribution in [-0.4, -0.2) is 52.7 Å². The zero-order valence-electron chi connectivity index (χ0n) is 10.9. The SMILES string of the molecule is O=C(O)CC1CN(C(=O)/C=C/c2cccnc2)CCO1. The van der Waals surface area contributed by atoms with Gasteiger partial charge in [-0.3, -0.25) is 14.6 Å². The number of nitrogens with zero attached hydrogens (tertiary/aromatic N) is 2. The van der Waals surface area contributed by atoms with E-state index < -0.39 is 12.1 Å². The van der Waals surface area contributed by atoms with Gasteiger partial charge in [0, 0.05) is 31.6 Å². The Morgan fingerprint density at radius 3 is 3.10 bits per heavy atom. The van der Waals surface area contributed by atoms with Gasteiger partial charge in [0.05, 0.1) is 19.1 Å². The zero-order valence-corrected chi connectivity index (χ0v) is 10.9. The van der Waals surface area contributed by atoms with Crippen molar-refractivity contribution >= 4 is 18.0 Å². The molecule has 2 rings (SSSR count). The summed E-state index contributed by atoms with van der Waals surface area (Å²) in [4.78, 5) is 28.2. The molecule has 1 aromatic heterocycles. The third-order valence-electron chi connectivity index (χ3n) is 2.96. The Kier molecular flexibility index (Phi) is 4.84. The summed E-state index contributed by atoms with van der Waals surface area (Å²) < 4.78 is 5.32. The number of amides is 1. The van der Waals surface area contributed by atoms with Gasteiger partial charge in [0.15, 0.2) is 0 Å². The number of carboxylic acids is 1. The average Bonchev–Trinajstić information content (AvgIpc) is 2.45. The van der Waals surface area contributed by atoms with E-state index in [2.05, 4.69) is 4.98 Å². The molecule has 0 bridgehead atoms. The van der Waals surface area contributed by atoms with E-state index in [1.54, 1.807) is 29.4 Å². The minimum Gasteiger partial charge on any atom is -0.481 e. The predicted octanol–water partition coefficient (Wildman–Crippen LogP) is 0.797. The molecule has 1 fully saturated rings. The van der Waals surface area contributed by atoms with Crippen molar-refractivity contribution in [3.05, 3.63) is 36.2 Å². The van der Waals surface area contributed by atoms with E-state index in [0.717, 1.165) is 5.56 Å². The van der Waals surface area contributed by atoms with Gasteiger partial charge in [-0.1, -0.05) is 6.07 Å². The van der Waals surface area contributed by atoms with E-state index in [4.69, 9.17) is 9.84 Å². The fourth-order valence-corrected chi connectivity index (χ4v) is 1.99. The van der Waals surface area contributed by atoms with Crippen molar-refractivity contribution in [1.29, 1.82) is 0 Å². The molecule has 2 heterocycles. The number of pyridine rings is 1. The number of carboxylic acid groups (broad SMARTS) is 1. The molecule has 1 saturated heterocycles. The lowest BCUT2D eigenvalue weighted by Crippen LogP contribution is -2.45. The molecule has 1 aromatic rings. The van der Waals surface area contributed by atoms with Crippen LogP contribution in [0.1, 0.15) is 12.0 Å². The van der Waals surface area contributed by atoms with Crippen LogP contribution in [0.3, 0.4) is 0 Å². The Morgan fingerprint density at radius 2 is 2.40 bits per heavy atom. The first-order valence-corrected chi connectivity index (χ1v) is 6.35. The number of aromatic nitrogens is 1. The number of carbonyl (C=O) groups excluding carboxylic acids is 1. The average molecular weight is 276 g/mol. The Balaban J connectivity index is 1.92. The van der Waals surface area contributed by atoms with Crippen molar-refractivity contribution in [3.63, 3.8) is 0 Å². The summed E-state index contributed by atoms with van der Waals surface area (Å²) in [5.41, 5.74) is 0.844. The zero-order chi connectivity index (χ0) is 14.4. The van der Waals surface area contributed by atoms with Crippen LogP contribution < -0.4 is 0 Å². The third-order valence-corrected chi connectivity index (χ3v) is 2.96. The number of hydrogen-bond donors (Lipinski definition) is 1. The second kappa shape index (κ2) is 6.81. The summed E-state index contributed by atoms with van der Waals surface area (Å²) in [5, 5.41) is 8.74. The lowest BCUT2D eigenvalue weighted by atomic mass is 10.2. The standard InChI is InChI=1S/C14H16N2O4/c17-13(4-3-11-2-1-5-15-9-11)16-6-7-20-12(10-16)8-14(18)19/h1-5,9,12H,6-8,10H2,(H,18,19)/b4-3+. The molecule has 1 atom stereocenters. The van der Waals surface area contributed by atoms with Crippen molar-refractivity contribution in [3.8, 4) is 0 Å². The smallest absolute Gasteiger partial charge is 0.306 e. The minimum atomic E-state index is -0.921. The summed E-state index contributed by atoms with van der Waals surface area (Å²) >= 11 is 0. The highest BCUT2D eigenvalue weighted by Crippen LogP contribution is 2.10. The van der Waals surface area contributed by atoms with Gasteiger partial charge in [-0.2, -0.15) is 0 Å². The molecule has 0 aliphatic carbocycles. The molecule has 0 saturated carbocycles. The van der Waals surface area contributed by atoms with Crippen LogP contribution in [0.5, 0.6) is 0 Å². The highest BCUT2D eigenvalue weighted by atomic mass is 16.5. The maximum absolute atomic E-state index is 12.0. The van der Waals surface area contributed by atoms with Crippen molar-refractivity contribution in [1.82, 2.24) is 9.88 Å². The number of morpholine rings is 1. The predicted molar refractivity (Wildman–Crippen MR) is 71.8 cm³/mol. The van der Waals surface area contributed by atoms with Gasteiger partial charge in [0.2, 0.25) is 5.91 Å². The first kappa shape index (κ1) is 14.2. The molecule has 6 heteroatoms. The van der Waals surface area contributed by atoms with Gasteiger partial charge < -0.3 is 14.7 Å². The molecule has 1 unspecified atom stereocenters. The number of carbonyl (C=O) groups is 2. The lowest BCUT2D eigenvalue weighted by molar-refractivity contribution is -0.145. The molecule has 1 aliphatic rings. The quantitative estimate of drug-likeness (QED) is 0.823. The van der Waals surface area contributed by atoms with Gasteiger partial charge in [0.25, 0.3) is 0 Å². The van der Waals surface area contributed by atoms with Crippen LogP contribution in [0.2, 0.25) is 0 Å². The van der Waals surface area contributed by atoms with Gasteiger partial charge in [-0.25, -0.2) is 0 Å².